The van der Waals surface area contributed by atoms with Crippen molar-refractivity contribution in [3.05, 3.63) is 40.3 Å². The van der Waals surface area contributed by atoms with Crippen LogP contribution in [0.1, 0.15) is 30.9 Å². The van der Waals surface area contributed by atoms with E-state index >= 15 is 0 Å². The molecule has 1 saturated heterocycles. The SMILES string of the molecule is CCOC(=O)N1CCC(N2C(=O)C(SCCO)=C(c3ccc(C)cc3)C2=O)CC1. The summed E-state index contributed by atoms with van der Waals surface area (Å²) in [6.07, 6.45) is 0.688. The molecule has 2 aliphatic rings. The highest BCUT2D eigenvalue weighted by Gasteiger charge is 2.43. The second-order valence-corrected chi connectivity index (χ2v) is 8.14. The second-order valence-electron chi connectivity index (χ2n) is 7.04. The van der Waals surface area contributed by atoms with E-state index in [1.165, 1.54) is 16.7 Å². The molecule has 3 rings (SSSR count). The number of nitrogens with zero attached hydrogens (tertiary/aromatic N) is 2. The van der Waals surface area contributed by atoms with Crippen molar-refractivity contribution in [3.8, 4) is 0 Å². The van der Waals surface area contributed by atoms with Gasteiger partial charge in [0.15, 0.2) is 0 Å². The standard InChI is InChI=1S/C21H26N2O5S/c1-3-28-21(27)22-10-8-16(9-11-22)23-19(25)17(15-6-4-14(2)5-7-15)18(20(23)26)29-13-12-24/h4-7,16,24H,3,8-13H2,1-2H3. The number of aliphatic hydroxyl groups excluding tert-OH is 1. The number of aliphatic hydroxyl groups is 1. The lowest BCUT2D eigenvalue weighted by Crippen LogP contribution is -2.49. The number of carbonyl (C=O) groups excluding carboxylic acids is 3. The molecular weight excluding hydrogens is 392 g/mol. The van der Waals surface area contributed by atoms with Crippen molar-refractivity contribution in [3.63, 3.8) is 0 Å². The fraction of sp³-hybridized carbons (Fsp3) is 0.476. The van der Waals surface area contributed by atoms with Crippen molar-refractivity contribution in [2.75, 3.05) is 32.1 Å². The molecule has 1 aromatic rings. The summed E-state index contributed by atoms with van der Waals surface area (Å²) in [5.74, 6) is -0.258. The first kappa shape index (κ1) is 21.4. The summed E-state index contributed by atoms with van der Waals surface area (Å²) in [7, 11) is 0. The van der Waals surface area contributed by atoms with Gasteiger partial charge in [-0.15, -0.1) is 11.8 Å². The molecule has 0 spiro atoms. The Hall–Kier alpha value is -2.32. The molecule has 0 unspecified atom stereocenters. The van der Waals surface area contributed by atoms with Crippen LogP contribution >= 0.6 is 11.8 Å². The fourth-order valence-electron chi connectivity index (χ4n) is 3.64. The van der Waals surface area contributed by atoms with Crippen LogP contribution in [-0.4, -0.2) is 70.9 Å². The molecule has 2 aliphatic heterocycles. The van der Waals surface area contributed by atoms with Crippen LogP contribution in [0.5, 0.6) is 0 Å². The third kappa shape index (κ3) is 4.48. The van der Waals surface area contributed by atoms with Gasteiger partial charge in [-0.3, -0.25) is 14.5 Å². The number of imide groups is 1. The summed E-state index contributed by atoms with van der Waals surface area (Å²) in [6, 6.07) is 7.27. The molecule has 29 heavy (non-hydrogen) atoms. The van der Waals surface area contributed by atoms with Gasteiger partial charge in [0.2, 0.25) is 0 Å². The highest BCUT2D eigenvalue weighted by atomic mass is 32.2. The van der Waals surface area contributed by atoms with E-state index in [9.17, 15) is 19.5 Å². The average molecular weight is 419 g/mol. The van der Waals surface area contributed by atoms with Gasteiger partial charge in [0, 0.05) is 24.9 Å². The average Bonchev–Trinajstić information content (AvgIpc) is 2.97. The van der Waals surface area contributed by atoms with Crippen molar-refractivity contribution in [1.29, 1.82) is 0 Å². The van der Waals surface area contributed by atoms with Crippen molar-refractivity contribution < 1.29 is 24.2 Å². The molecule has 0 bridgehead atoms. The van der Waals surface area contributed by atoms with Crippen LogP contribution < -0.4 is 0 Å². The molecule has 3 amide bonds. The van der Waals surface area contributed by atoms with Crippen LogP contribution in [0.25, 0.3) is 5.57 Å². The van der Waals surface area contributed by atoms with Gasteiger partial charge in [0.25, 0.3) is 11.8 Å². The van der Waals surface area contributed by atoms with E-state index < -0.39 is 0 Å². The molecular formula is C21H26N2O5S. The van der Waals surface area contributed by atoms with Gasteiger partial charge < -0.3 is 14.7 Å². The highest BCUT2D eigenvalue weighted by molar-refractivity contribution is 8.04. The summed E-state index contributed by atoms with van der Waals surface area (Å²) in [5.41, 5.74) is 2.18. The fourth-order valence-corrected chi connectivity index (χ4v) is 4.50. The zero-order valence-corrected chi connectivity index (χ0v) is 17.5. The number of benzene rings is 1. The number of carbonyl (C=O) groups is 3. The highest BCUT2D eigenvalue weighted by Crippen LogP contribution is 2.38. The molecule has 1 N–H and O–H groups in total. The summed E-state index contributed by atoms with van der Waals surface area (Å²) >= 11 is 1.22. The monoisotopic (exact) mass is 418 g/mol. The van der Waals surface area contributed by atoms with Gasteiger partial charge in [-0.05, 0) is 32.3 Å². The van der Waals surface area contributed by atoms with Gasteiger partial charge >= 0.3 is 6.09 Å². The third-order valence-electron chi connectivity index (χ3n) is 5.11. The van der Waals surface area contributed by atoms with Crippen LogP contribution in [0.3, 0.4) is 0 Å². The number of likely N-dealkylation sites (tertiary alicyclic amines) is 1. The molecule has 0 aliphatic carbocycles. The minimum Gasteiger partial charge on any atom is -0.450 e. The Morgan fingerprint density at radius 2 is 1.83 bits per heavy atom. The number of piperidine rings is 1. The van der Waals surface area contributed by atoms with Crippen molar-refractivity contribution in [2.45, 2.75) is 32.7 Å². The Bertz CT molecular complexity index is 813. The largest absolute Gasteiger partial charge is 0.450 e. The number of thioether (sulfide) groups is 1. The minimum atomic E-state index is -0.359. The quantitative estimate of drug-likeness (QED) is 0.714. The van der Waals surface area contributed by atoms with E-state index in [1.54, 1.807) is 11.8 Å². The Balaban J connectivity index is 1.80. The van der Waals surface area contributed by atoms with E-state index in [-0.39, 0.29) is 30.6 Å². The van der Waals surface area contributed by atoms with Crippen molar-refractivity contribution in [2.24, 2.45) is 0 Å². The van der Waals surface area contributed by atoms with E-state index in [4.69, 9.17) is 4.74 Å². The second kappa shape index (κ2) is 9.45. The molecule has 2 heterocycles. The molecule has 7 nitrogen and oxygen atoms in total. The van der Waals surface area contributed by atoms with Gasteiger partial charge in [-0.2, -0.15) is 0 Å². The predicted molar refractivity (Wildman–Crippen MR) is 111 cm³/mol. The first-order valence-electron chi connectivity index (χ1n) is 9.82. The van der Waals surface area contributed by atoms with Crippen LogP contribution in [0.2, 0.25) is 0 Å². The Morgan fingerprint density at radius 1 is 1.17 bits per heavy atom. The molecule has 0 radical (unpaired) electrons. The maximum absolute atomic E-state index is 13.3. The van der Waals surface area contributed by atoms with Crippen molar-refractivity contribution >= 4 is 35.2 Å². The number of aryl methyl sites for hydroxylation is 1. The maximum atomic E-state index is 13.3. The topological polar surface area (TPSA) is 87.2 Å². The smallest absolute Gasteiger partial charge is 0.409 e. The van der Waals surface area contributed by atoms with E-state index in [1.807, 2.05) is 31.2 Å². The third-order valence-corrected chi connectivity index (χ3v) is 6.16. The van der Waals surface area contributed by atoms with Gasteiger partial charge in [-0.25, -0.2) is 4.79 Å². The van der Waals surface area contributed by atoms with E-state index in [0.29, 0.717) is 54.3 Å². The van der Waals surface area contributed by atoms with Gasteiger partial charge in [0.05, 0.1) is 23.7 Å². The zero-order valence-electron chi connectivity index (χ0n) is 16.7. The normalized spacial score (nSPS) is 18.0. The first-order valence-corrected chi connectivity index (χ1v) is 10.8. The van der Waals surface area contributed by atoms with Crippen LogP contribution in [0.15, 0.2) is 29.2 Å². The zero-order chi connectivity index (χ0) is 21.0. The summed E-state index contributed by atoms with van der Waals surface area (Å²) in [4.78, 5) is 41.6. The number of ether oxygens (including phenoxy) is 1. The maximum Gasteiger partial charge on any atom is 0.409 e. The predicted octanol–water partition coefficient (Wildman–Crippen LogP) is 2.42. The molecule has 0 aromatic heterocycles. The number of rotatable bonds is 6. The van der Waals surface area contributed by atoms with E-state index in [0.717, 1.165) is 5.56 Å². The van der Waals surface area contributed by atoms with Gasteiger partial charge in [0.1, 0.15) is 0 Å². The lowest BCUT2D eigenvalue weighted by Gasteiger charge is -2.35. The molecule has 156 valence electrons. The van der Waals surface area contributed by atoms with Gasteiger partial charge in [-0.1, -0.05) is 29.8 Å². The molecule has 0 saturated carbocycles. The van der Waals surface area contributed by atoms with Crippen molar-refractivity contribution in [1.82, 2.24) is 9.80 Å². The first-order chi connectivity index (χ1) is 14.0. The Kier molecular flexibility index (Phi) is 6.97. The Labute approximate surface area is 174 Å². The van der Waals surface area contributed by atoms with Crippen LogP contribution in [-0.2, 0) is 14.3 Å². The summed E-state index contributed by atoms with van der Waals surface area (Å²) in [6.45, 7) is 4.85. The summed E-state index contributed by atoms with van der Waals surface area (Å²) in [5, 5.41) is 9.21. The van der Waals surface area contributed by atoms with E-state index in [2.05, 4.69) is 0 Å². The lowest BCUT2D eigenvalue weighted by atomic mass is 10.0. The summed E-state index contributed by atoms with van der Waals surface area (Å²) < 4.78 is 5.03. The molecule has 8 heteroatoms. The molecule has 1 fully saturated rings. The number of hydrogen-bond donors (Lipinski definition) is 1. The lowest BCUT2D eigenvalue weighted by molar-refractivity contribution is -0.140. The molecule has 0 atom stereocenters. The minimum absolute atomic E-state index is 0.0747. The van der Waals surface area contributed by atoms with Crippen LogP contribution in [0, 0.1) is 6.92 Å². The Morgan fingerprint density at radius 3 is 2.41 bits per heavy atom. The van der Waals surface area contributed by atoms with Crippen LogP contribution in [0.4, 0.5) is 4.79 Å². The molecule has 1 aromatic carbocycles. The number of amides is 3. The number of hydrogen-bond acceptors (Lipinski definition) is 6.